The van der Waals surface area contributed by atoms with Crippen LogP contribution in [0.3, 0.4) is 0 Å². The minimum atomic E-state index is -0.905. The third-order valence-corrected chi connectivity index (χ3v) is 2.97. The highest BCUT2D eigenvalue weighted by Gasteiger charge is 2.45. The molecule has 0 aromatic carbocycles. The van der Waals surface area contributed by atoms with Crippen molar-refractivity contribution in [3.05, 3.63) is 0 Å². The molecule has 0 spiro atoms. The second-order valence-corrected chi connectivity index (χ2v) is 3.84. The zero-order valence-electron chi connectivity index (χ0n) is 8.53. The molecule has 0 aromatic heterocycles. The summed E-state index contributed by atoms with van der Waals surface area (Å²) in [6.45, 7) is 2.48. The van der Waals surface area contributed by atoms with Crippen molar-refractivity contribution in [2.75, 3.05) is 6.54 Å². The first-order chi connectivity index (χ1) is 6.67. The molecule has 4 heteroatoms. The smallest absolute Gasteiger partial charge is 0.329 e. The Bertz CT molecular complexity index is 221. The molecule has 0 aliphatic heterocycles. The first-order valence-electron chi connectivity index (χ1n) is 5.13. The van der Waals surface area contributed by atoms with Crippen molar-refractivity contribution in [1.82, 2.24) is 4.90 Å². The molecule has 4 nitrogen and oxygen atoms in total. The molecule has 1 N–H and O–H groups in total. The molecule has 0 unspecified atom stereocenters. The van der Waals surface area contributed by atoms with Gasteiger partial charge in [0.1, 0.15) is 5.54 Å². The zero-order chi connectivity index (χ0) is 10.6. The van der Waals surface area contributed by atoms with Gasteiger partial charge in [-0.2, -0.15) is 0 Å². The van der Waals surface area contributed by atoms with Gasteiger partial charge in [-0.1, -0.05) is 19.8 Å². The van der Waals surface area contributed by atoms with Crippen LogP contribution in [0, 0.1) is 0 Å². The maximum Gasteiger partial charge on any atom is 0.329 e. The normalized spacial score (nSPS) is 19.2. The number of nitrogens with zero attached hydrogens (tertiary/aromatic N) is 1. The highest BCUT2D eigenvalue weighted by molar-refractivity contribution is 5.81. The minimum absolute atomic E-state index is 0.538. The van der Waals surface area contributed by atoms with E-state index in [1.807, 2.05) is 6.92 Å². The Morgan fingerprint density at radius 3 is 2.43 bits per heavy atom. The summed E-state index contributed by atoms with van der Waals surface area (Å²) in [5.41, 5.74) is -0.905. The second kappa shape index (κ2) is 4.44. The average molecular weight is 199 g/mol. The van der Waals surface area contributed by atoms with E-state index >= 15 is 0 Å². The lowest BCUT2D eigenvalue weighted by Gasteiger charge is -2.34. The van der Waals surface area contributed by atoms with Crippen molar-refractivity contribution < 1.29 is 14.7 Å². The van der Waals surface area contributed by atoms with Crippen LogP contribution in [0.1, 0.15) is 39.0 Å². The Morgan fingerprint density at radius 2 is 2.07 bits per heavy atom. The molecule has 0 aromatic rings. The van der Waals surface area contributed by atoms with Crippen LogP contribution in [-0.4, -0.2) is 34.5 Å². The monoisotopic (exact) mass is 199 g/mol. The summed E-state index contributed by atoms with van der Waals surface area (Å²) >= 11 is 0. The Kier molecular flexibility index (Phi) is 3.49. The number of hydrogen-bond donors (Lipinski definition) is 1. The van der Waals surface area contributed by atoms with Gasteiger partial charge in [-0.15, -0.1) is 0 Å². The summed E-state index contributed by atoms with van der Waals surface area (Å²) in [4.78, 5) is 23.5. The van der Waals surface area contributed by atoms with Gasteiger partial charge in [0.2, 0.25) is 6.41 Å². The van der Waals surface area contributed by atoms with Crippen molar-refractivity contribution in [1.29, 1.82) is 0 Å². The van der Waals surface area contributed by atoms with Crippen LogP contribution in [0.4, 0.5) is 0 Å². The van der Waals surface area contributed by atoms with Gasteiger partial charge in [0.05, 0.1) is 0 Å². The predicted molar refractivity (Wildman–Crippen MR) is 51.9 cm³/mol. The SMILES string of the molecule is CCCN(C=O)C1(C(=O)O)CCCC1. The molecule has 0 radical (unpaired) electrons. The Hall–Kier alpha value is -1.06. The van der Waals surface area contributed by atoms with Crippen LogP contribution < -0.4 is 0 Å². The van der Waals surface area contributed by atoms with Gasteiger partial charge in [-0.3, -0.25) is 4.79 Å². The highest BCUT2D eigenvalue weighted by Crippen LogP contribution is 2.34. The van der Waals surface area contributed by atoms with E-state index < -0.39 is 11.5 Å². The van der Waals surface area contributed by atoms with Gasteiger partial charge >= 0.3 is 5.97 Å². The van der Waals surface area contributed by atoms with Crippen molar-refractivity contribution in [3.63, 3.8) is 0 Å². The van der Waals surface area contributed by atoms with E-state index in [2.05, 4.69) is 0 Å². The van der Waals surface area contributed by atoms with E-state index in [0.717, 1.165) is 19.3 Å². The minimum Gasteiger partial charge on any atom is -0.479 e. The van der Waals surface area contributed by atoms with Crippen molar-refractivity contribution >= 4 is 12.4 Å². The first-order valence-corrected chi connectivity index (χ1v) is 5.13. The third kappa shape index (κ3) is 1.74. The Morgan fingerprint density at radius 1 is 1.50 bits per heavy atom. The lowest BCUT2D eigenvalue weighted by Crippen LogP contribution is -2.52. The molecule has 0 bridgehead atoms. The van der Waals surface area contributed by atoms with Gasteiger partial charge in [-0.25, -0.2) is 4.79 Å². The molecular formula is C10H17NO3. The fraction of sp³-hybridized carbons (Fsp3) is 0.800. The fourth-order valence-electron chi connectivity index (χ4n) is 2.19. The van der Waals surface area contributed by atoms with Crippen LogP contribution >= 0.6 is 0 Å². The molecule has 1 rings (SSSR count). The lowest BCUT2D eigenvalue weighted by molar-refractivity contribution is -0.154. The topological polar surface area (TPSA) is 57.6 Å². The van der Waals surface area contributed by atoms with Crippen molar-refractivity contribution in [2.24, 2.45) is 0 Å². The van der Waals surface area contributed by atoms with Crippen molar-refractivity contribution in [2.45, 2.75) is 44.6 Å². The van der Waals surface area contributed by atoms with Crippen LogP contribution in [0.2, 0.25) is 0 Å². The summed E-state index contributed by atoms with van der Waals surface area (Å²) in [5.74, 6) is -0.851. The molecular weight excluding hydrogens is 182 g/mol. The summed E-state index contributed by atoms with van der Waals surface area (Å²) < 4.78 is 0. The average Bonchev–Trinajstić information content (AvgIpc) is 2.64. The van der Waals surface area contributed by atoms with E-state index in [-0.39, 0.29) is 0 Å². The number of aliphatic carboxylic acids is 1. The van der Waals surface area contributed by atoms with E-state index in [4.69, 9.17) is 0 Å². The molecule has 0 atom stereocenters. The van der Waals surface area contributed by atoms with Gasteiger partial charge in [0.15, 0.2) is 0 Å². The summed E-state index contributed by atoms with van der Waals surface area (Å²) in [6.07, 6.45) is 4.49. The Labute approximate surface area is 83.9 Å². The number of amides is 1. The quantitative estimate of drug-likeness (QED) is 0.678. The number of carbonyl (C=O) groups is 2. The van der Waals surface area contributed by atoms with Crippen LogP contribution in [0.5, 0.6) is 0 Å². The van der Waals surface area contributed by atoms with Gasteiger partial charge in [-0.05, 0) is 19.3 Å². The molecule has 0 saturated heterocycles. The molecule has 80 valence electrons. The highest BCUT2D eigenvalue weighted by atomic mass is 16.4. The van der Waals surface area contributed by atoms with Crippen LogP contribution in [0.15, 0.2) is 0 Å². The fourth-order valence-corrected chi connectivity index (χ4v) is 2.19. The maximum absolute atomic E-state index is 11.2. The zero-order valence-corrected chi connectivity index (χ0v) is 8.53. The lowest BCUT2D eigenvalue weighted by atomic mass is 9.95. The molecule has 1 saturated carbocycles. The van der Waals surface area contributed by atoms with Gasteiger partial charge in [0, 0.05) is 6.54 Å². The summed E-state index contributed by atoms with van der Waals surface area (Å²) in [5, 5.41) is 9.19. The number of carbonyl (C=O) groups excluding carboxylic acids is 1. The number of hydrogen-bond acceptors (Lipinski definition) is 2. The second-order valence-electron chi connectivity index (χ2n) is 3.84. The van der Waals surface area contributed by atoms with Gasteiger partial charge in [0.25, 0.3) is 0 Å². The molecule has 1 amide bonds. The van der Waals surface area contributed by atoms with Crippen LogP contribution in [0.25, 0.3) is 0 Å². The molecule has 1 aliphatic rings. The van der Waals surface area contributed by atoms with Crippen LogP contribution in [-0.2, 0) is 9.59 Å². The van der Waals surface area contributed by atoms with E-state index in [0.29, 0.717) is 25.8 Å². The Balaban J connectivity index is 2.84. The number of carboxylic acids is 1. The van der Waals surface area contributed by atoms with E-state index in [1.54, 1.807) is 0 Å². The molecule has 0 heterocycles. The first kappa shape index (κ1) is 11.0. The van der Waals surface area contributed by atoms with E-state index in [9.17, 15) is 14.7 Å². The summed E-state index contributed by atoms with van der Waals surface area (Å²) in [6, 6.07) is 0. The molecule has 1 fully saturated rings. The third-order valence-electron chi connectivity index (χ3n) is 2.97. The van der Waals surface area contributed by atoms with E-state index in [1.165, 1.54) is 4.90 Å². The number of rotatable bonds is 5. The predicted octanol–water partition coefficient (Wildman–Crippen LogP) is 1.25. The molecule has 1 aliphatic carbocycles. The van der Waals surface area contributed by atoms with Crippen molar-refractivity contribution in [3.8, 4) is 0 Å². The summed E-state index contributed by atoms with van der Waals surface area (Å²) in [7, 11) is 0. The maximum atomic E-state index is 11.2. The molecule has 14 heavy (non-hydrogen) atoms. The van der Waals surface area contributed by atoms with Gasteiger partial charge < -0.3 is 10.0 Å². The largest absolute Gasteiger partial charge is 0.479 e. The standard InChI is InChI=1S/C10H17NO3/c1-2-7-11(8-12)10(9(13)14)5-3-4-6-10/h8H,2-7H2,1H3,(H,13,14). The number of carboxylic acid groups (broad SMARTS) is 1.